The van der Waals surface area contributed by atoms with Crippen molar-refractivity contribution in [3.05, 3.63) is 34.6 Å². The van der Waals surface area contributed by atoms with E-state index < -0.39 is 0 Å². The van der Waals surface area contributed by atoms with E-state index in [0.717, 1.165) is 36.8 Å². The van der Waals surface area contributed by atoms with Gasteiger partial charge in [-0.15, -0.1) is 0 Å². The number of aromatic nitrogens is 3. The Hall–Kier alpha value is -2.59. The third-order valence-corrected chi connectivity index (χ3v) is 6.87. The second-order valence-electron chi connectivity index (χ2n) is 6.90. The van der Waals surface area contributed by atoms with E-state index in [9.17, 15) is 9.59 Å². The molecule has 1 amide bonds. The Bertz CT molecular complexity index is 1100. The van der Waals surface area contributed by atoms with Crippen LogP contribution in [-0.2, 0) is 11.8 Å². The Labute approximate surface area is 182 Å². The molecule has 0 aliphatic carbocycles. The van der Waals surface area contributed by atoms with Gasteiger partial charge in [-0.05, 0) is 44.0 Å². The van der Waals surface area contributed by atoms with Gasteiger partial charge in [-0.3, -0.25) is 14.2 Å². The van der Waals surface area contributed by atoms with E-state index in [1.807, 2.05) is 19.1 Å². The van der Waals surface area contributed by atoms with E-state index in [2.05, 4.69) is 20.2 Å². The number of hydrogen-bond donors (Lipinski definition) is 1. The first-order valence-electron chi connectivity index (χ1n) is 9.83. The lowest BCUT2D eigenvalue weighted by molar-refractivity contribution is -0.113. The van der Waals surface area contributed by atoms with Crippen molar-refractivity contribution in [3.8, 4) is 5.75 Å². The van der Waals surface area contributed by atoms with Gasteiger partial charge < -0.3 is 15.0 Å². The van der Waals surface area contributed by atoms with Gasteiger partial charge in [0, 0.05) is 25.8 Å². The summed E-state index contributed by atoms with van der Waals surface area (Å²) >= 11 is 2.62. The molecule has 3 heterocycles. The van der Waals surface area contributed by atoms with Gasteiger partial charge in [0.05, 0.1) is 12.4 Å². The zero-order valence-corrected chi connectivity index (χ0v) is 18.5. The minimum absolute atomic E-state index is 0.127. The van der Waals surface area contributed by atoms with Crippen LogP contribution >= 0.6 is 23.1 Å². The van der Waals surface area contributed by atoms with Crippen LogP contribution in [0.15, 0.2) is 34.2 Å². The first-order valence-corrected chi connectivity index (χ1v) is 11.6. The molecular formula is C20H23N5O3S2. The van der Waals surface area contributed by atoms with Crippen LogP contribution in [0, 0.1) is 0 Å². The van der Waals surface area contributed by atoms with Gasteiger partial charge >= 0.3 is 0 Å². The number of carbonyl (C=O) groups excluding carboxylic acids is 1. The van der Waals surface area contributed by atoms with Gasteiger partial charge in [-0.2, -0.15) is 4.98 Å². The summed E-state index contributed by atoms with van der Waals surface area (Å²) in [6.45, 7) is 4.45. The fourth-order valence-corrected chi connectivity index (χ4v) is 5.02. The van der Waals surface area contributed by atoms with Crippen molar-refractivity contribution >= 4 is 50.2 Å². The average Bonchev–Trinajstić information content (AvgIpc) is 3.41. The number of fused-ring (bicyclic) bond motifs is 1. The molecule has 0 saturated carbocycles. The molecule has 1 fully saturated rings. The smallest absolute Gasteiger partial charge is 0.273 e. The van der Waals surface area contributed by atoms with E-state index in [4.69, 9.17) is 4.74 Å². The Balaban J connectivity index is 1.44. The summed E-state index contributed by atoms with van der Waals surface area (Å²) in [4.78, 5) is 36.4. The molecule has 0 unspecified atom stereocenters. The van der Waals surface area contributed by atoms with E-state index in [1.165, 1.54) is 27.7 Å². The van der Waals surface area contributed by atoms with Crippen LogP contribution in [0.4, 0.5) is 10.8 Å². The Kier molecular flexibility index (Phi) is 6.24. The number of amides is 1. The number of thioether (sulfide) groups is 1. The number of rotatable bonds is 7. The minimum atomic E-state index is -0.172. The molecule has 0 radical (unpaired) electrons. The third kappa shape index (κ3) is 4.44. The largest absolute Gasteiger partial charge is 0.494 e. The summed E-state index contributed by atoms with van der Waals surface area (Å²) in [6, 6.07) is 7.21. The van der Waals surface area contributed by atoms with Gasteiger partial charge in [-0.1, -0.05) is 23.1 Å². The highest BCUT2D eigenvalue weighted by molar-refractivity contribution is 7.99. The lowest BCUT2D eigenvalue weighted by Gasteiger charge is -2.11. The van der Waals surface area contributed by atoms with Crippen molar-refractivity contribution in [2.75, 3.05) is 35.7 Å². The Morgan fingerprint density at radius 3 is 2.67 bits per heavy atom. The highest BCUT2D eigenvalue weighted by Gasteiger charge is 2.20. The summed E-state index contributed by atoms with van der Waals surface area (Å²) in [7, 11) is 1.68. The first kappa shape index (κ1) is 20.7. The molecule has 3 aromatic rings. The number of carbonyl (C=O) groups is 1. The molecule has 1 aliphatic heterocycles. The Morgan fingerprint density at radius 1 is 1.23 bits per heavy atom. The highest BCUT2D eigenvalue weighted by Crippen LogP contribution is 2.29. The van der Waals surface area contributed by atoms with Gasteiger partial charge in [0.15, 0.2) is 15.9 Å². The molecule has 2 aromatic heterocycles. The number of hydrogen-bond acceptors (Lipinski definition) is 8. The van der Waals surface area contributed by atoms with Crippen LogP contribution < -0.4 is 20.5 Å². The molecule has 0 bridgehead atoms. The van der Waals surface area contributed by atoms with Gasteiger partial charge in [0.1, 0.15) is 10.4 Å². The second-order valence-corrected chi connectivity index (χ2v) is 8.82. The van der Waals surface area contributed by atoms with Crippen molar-refractivity contribution in [2.24, 2.45) is 7.05 Å². The van der Waals surface area contributed by atoms with Gasteiger partial charge in [0.25, 0.3) is 5.56 Å². The standard InChI is InChI=1S/C20H23N5O3S2/c1-3-28-14-8-6-13(7-9-14)21-15(26)12-29-19-22-17-16(18(27)24(19)2)30-20(23-17)25-10-4-5-11-25/h6-9H,3-5,10-12H2,1-2H3,(H,21,26). The lowest BCUT2D eigenvalue weighted by atomic mass is 10.3. The summed E-state index contributed by atoms with van der Waals surface area (Å²) in [5.41, 5.74) is 1.02. The quantitative estimate of drug-likeness (QED) is 0.441. The predicted molar refractivity (Wildman–Crippen MR) is 121 cm³/mol. The molecule has 4 rings (SSSR count). The summed E-state index contributed by atoms with van der Waals surface area (Å²) in [5.74, 6) is 0.728. The number of anilines is 2. The number of thiazole rings is 1. The van der Waals surface area contributed by atoms with Crippen molar-refractivity contribution in [1.29, 1.82) is 0 Å². The zero-order chi connectivity index (χ0) is 21.1. The average molecular weight is 446 g/mol. The maximum atomic E-state index is 12.7. The maximum absolute atomic E-state index is 12.7. The first-order chi connectivity index (χ1) is 14.5. The monoisotopic (exact) mass is 445 g/mol. The number of benzene rings is 1. The van der Waals surface area contributed by atoms with Crippen molar-refractivity contribution in [3.63, 3.8) is 0 Å². The molecule has 1 aromatic carbocycles. The van der Waals surface area contributed by atoms with Crippen LogP contribution in [0.3, 0.4) is 0 Å². The van der Waals surface area contributed by atoms with E-state index in [-0.39, 0.29) is 17.2 Å². The molecule has 0 atom stereocenters. The maximum Gasteiger partial charge on any atom is 0.273 e. The highest BCUT2D eigenvalue weighted by atomic mass is 32.2. The summed E-state index contributed by atoms with van der Waals surface area (Å²) in [6.07, 6.45) is 2.29. The number of ether oxygens (including phenoxy) is 1. The third-order valence-electron chi connectivity index (χ3n) is 4.74. The Morgan fingerprint density at radius 2 is 1.97 bits per heavy atom. The van der Waals surface area contributed by atoms with E-state index in [0.29, 0.717) is 27.8 Å². The molecule has 1 aliphatic rings. The molecule has 30 heavy (non-hydrogen) atoms. The molecule has 0 spiro atoms. The lowest BCUT2D eigenvalue weighted by Crippen LogP contribution is -2.20. The molecule has 10 heteroatoms. The van der Waals surface area contributed by atoms with E-state index >= 15 is 0 Å². The van der Waals surface area contributed by atoms with Crippen LogP contribution in [0.2, 0.25) is 0 Å². The van der Waals surface area contributed by atoms with Crippen LogP contribution in [0.1, 0.15) is 19.8 Å². The minimum Gasteiger partial charge on any atom is -0.494 e. The number of nitrogens with zero attached hydrogens (tertiary/aromatic N) is 4. The van der Waals surface area contributed by atoms with Crippen molar-refractivity contribution in [2.45, 2.75) is 24.9 Å². The topological polar surface area (TPSA) is 89.3 Å². The van der Waals surface area contributed by atoms with Crippen molar-refractivity contribution < 1.29 is 9.53 Å². The van der Waals surface area contributed by atoms with Crippen molar-refractivity contribution in [1.82, 2.24) is 14.5 Å². The van der Waals surface area contributed by atoms with Crippen LogP contribution in [0.5, 0.6) is 5.75 Å². The van der Waals surface area contributed by atoms with Crippen LogP contribution in [-0.4, -0.2) is 45.9 Å². The molecular weight excluding hydrogens is 422 g/mol. The fourth-order valence-electron chi connectivity index (χ4n) is 3.22. The number of nitrogens with one attached hydrogen (secondary N) is 1. The van der Waals surface area contributed by atoms with Crippen LogP contribution in [0.25, 0.3) is 10.3 Å². The van der Waals surface area contributed by atoms with Gasteiger partial charge in [-0.25, -0.2) is 4.98 Å². The SMILES string of the molecule is CCOc1ccc(NC(=O)CSc2nc3nc(N4CCCC4)sc3c(=O)n2C)cc1. The summed E-state index contributed by atoms with van der Waals surface area (Å²) < 4.78 is 7.45. The molecule has 1 N–H and O–H groups in total. The second kappa shape index (κ2) is 9.05. The summed E-state index contributed by atoms with van der Waals surface area (Å²) in [5, 5.41) is 4.17. The molecule has 8 nitrogen and oxygen atoms in total. The normalized spacial score (nSPS) is 13.7. The van der Waals surface area contributed by atoms with Gasteiger partial charge in [0.2, 0.25) is 5.91 Å². The predicted octanol–water partition coefficient (Wildman–Crippen LogP) is 3.12. The fraction of sp³-hybridized carbons (Fsp3) is 0.400. The van der Waals surface area contributed by atoms with E-state index in [1.54, 1.807) is 19.2 Å². The molecule has 158 valence electrons. The zero-order valence-electron chi connectivity index (χ0n) is 16.9. The molecule has 1 saturated heterocycles.